The Labute approximate surface area is 89.1 Å². The van der Waals surface area contributed by atoms with Crippen molar-refractivity contribution in [3.63, 3.8) is 0 Å². The predicted octanol–water partition coefficient (Wildman–Crippen LogP) is 1.73. The van der Waals surface area contributed by atoms with Crippen LogP contribution in [0, 0.1) is 19.8 Å². The maximum Gasteiger partial charge on any atom is 0.183 e. The highest BCUT2D eigenvalue weighted by molar-refractivity contribution is 7.15. The van der Waals surface area contributed by atoms with E-state index in [1.807, 2.05) is 0 Å². The summed E-state index contributed by atoms with van der Waals surface area (Å²) in [5.74, 6) is 0.810. The number of hydrogen-bond acceptors (Lipinski definition) is 4. The minimum absolute atomic E-state index is 0.810. The van der Waals surface area contributed by atoms with Crippen molar-refractivity contribution in [3.8, 4) is 0 Å². The van der Waals surface area contributed by atoms with Gasteiger partial charge in [0, 0.05) is 30.4 Å². The van der Waals surface area contributed by atoms with Crippen molar-refractivity contribution in [2.45, 2.75) is 13.8 Å². The first kappa shape index (κ1) is 9.93. The molecular formula is C10H17N3S. The molecular weight excluding hydrogens is 194 g/mol. The van der Waals surface area contributed by atoms with Gasteiger partial charge in [-0.05, 0) is 20.9 Å². The van der Waals surface area contributed by atoms with Gasteiger partial charge >= 0.3 is 0 Å². The van der Waals surface area contributed by atoms with Gasteiger partial charge in [0.05, 0.1) is 5.69 Å². The SMILES string of the molecule is Cc1nc(NCC2CN(C)C2)sc1C. The van der Waals surface area contributed by atoms with Crippen LogP contribution >= 0.6 is 11.3 Å². The maximum atomic E-state index is 4.45. The van der Waals surface area contributed by atoms with Crippen molar-refractivity contribution in [1.82, 2.24) is 9.88 Å². The molecule has 14 heavy (non-hydrogen) atoms. The lowest BCUT2D eigenvalue weighted by Crippen LogP contribution is -2.46. The molecule has 0 aliphatic carbocycles. The Balaban J connectivity index is 1.80. The van der Waals surface area contributed by atoms with Gasteiger partial charge in [0.2, 0.25) is 0 Å². The van der Waals surface area contributed by atoms with Gasteiger partial charge in [-0.2, -0.15) is 0 Å². The average Bonchev–Trinajstić information content (AvgIpc) is 2.39. The Morgan fingerprint density at radius 2 is 2.21 bits per heavy atom. The van der Waals surface area contributed by atoms with E-state index in [9.17, 15) is 0 Å². The van der Waals surface area contributed by atoms with Crippen LogP contribution < -0.4 is 5.32 Å². The zero-order valence-corrected chi connectivity index (χ0v) is 9.82. The molecule has 4 heteroatoms. The van der Waals surface area contributed by atoms with Gasteiger partial charge in [-0.3, -0.25) is 0 Å². The van der Waals surface area contributed by atoms with Gasteiger partial charge in [0.1, 0.15) is 0 Å². The van der Waals surface area contributed by atoms with E-state index in [2.05, 4.69) is 36.1 Å². The van der Waals surface area contributed by atoms with Crippen LogP contribution in [0.3, 0.4) is 0 Å². The van der Waals surface area contributed by atoms with Gasteiger partial charge in [0.15, 0.2) is 5.13 Å². The summed E-state index contributed by atoms with van der Waals surface area (Å²) in [5.41, 5.74) is 1.16. The minimum Gasteiger partial charge on any atom is -0.361 e. The summed E-state index contributed by atoms with van der Waals surface area (Å²) in [4.78, 5) is 8.11. The highest BCUT2D eigenvalue weighted by Crippen LogP contribution is 2.22. The number of aromatic nitrogens is 1. The number of likely N-dealkylation sites (tertiary alicyclic amines) is 1. The van der Waals surface area contributed by atoms with E-state index in [-0.39, 0.29) is 0 Å². The highest BCUT2D eigenvalue weighted by Gasteiger charge is 2.22. The molecule has 0 radical (unpaired) electrons. The number of nitrogens with zero attached hydrogens (tertiary/aromatic N) is 2. The molecule has 1 fully saturated rings. The second kappa shape index (κ2) is 3.87. The molecule has 2 heterocycles. The summed E-state index contributed by atoms with van der Waals surface area (Å²) in [6.45, 7) is 7.69. The van der Waals surface area contributed by atoms with Crippen molar-refractivity contribution in [3.05, 3.63) is 10.6 Å². The van der Waals surface area contributed by atoms with Crippen LogP contribution in [0.2, 0.25) is 0 Å². The van der Waals surface area contributed by atoms with Gasteiger partial charge in [-0.15, -0.1) is 11.3 Å². The van der Waals surface area contributed by atoms with Gasteiger partial charge in [-0.25, -0.2) is 4.98 Å². The van der Waals surface area contributed by atoms with E-state index in [1.54, 1.807) is 11.3 Å². The number of hydrogen-bond donors (Lipinski definition) is 1. The fourth-order valence-corrected chi connectivity index (χ4v) is 2.56. The summed E-state index contributed by atoms with van der Waals surface area (Å²) < 4.78 is 0. The van der Waals surface area contributed by atoms with Crippen molar-refractivity contribution in [1.29, 1.82) is 0 Å². The van der Waals surface area contributed by atoms with E-state index >= 15 is 0 Å². The van der Waals surface area contributed by atoms with E-state index in [0.717, 1.165) is 23.3 Å². The Morgan fingerprint density at radius 1 is 1.50 bits per heavy atom. The Bertz CT molecular complexity index is 296. The number of aryl methyl sites for hydroxylation is 2. The van der Waals surface area contributed by atoms with Gasteiger partial charge in [0.25, 0.3) is 0 Å². The molecule has 2 rings (SSSR count). The molecule has 0 amide bonds. The first-order chi connectivity index (χ1) is 6.65. The van der Waals surface area contributed by atoms with Crippen molar-refractivity contribution in [2.24, 2.45) is 5.92 Å². The molecule has 1 saturated heterocycles. The predicted molar refractivity (Wildman–Crippen MR) is 61.1 cm³/mol. The Hall–Kier alpha value is -0.610. The number of rotatable bonds is 3. The van der Waals surface area contributed by atoms with E-state index < -0.39 is 0 Å². The fraction of sp³-hybridized carbons (Fsp3) is 0.700. The third-order valence-electron chi connectivity index (χ3n) is 2.71. The smallest absolute Gasteiger partial charge is 0.183 e. The average molecular weight is 211 g/mol. The topological polar surface area (TPSA) is 28.2 Å². The highest BCUT2D eigenvalue weighted by atomic mass is 32.1. The molecule has 1 aromatic rings. The van der Waals surface area contributed by atoms with E-state index in [1.165, 1.54) is 18.0 Å². The van der Waals surface area contributed by atoms with Crippen LogP contribution in [-0.4, -0.2) is 36.6 Å². The van der Waals surface area contributed by atoms with Crippen molar-refractivity contribution < 1.29 is 0 Å². The molecule has 0 aromatic carbocycles. The molecule has 1 aliphatic heterocycles. The first-order valence-electron chi connectivity index (χ1n) is 5.01. The van der Waals surface area contributed by atoms with Gasteiger partial charge < -0.3 is 10.2 Å². The summed E-state index contributed by atoms with van der Waals surface area (Å²) in [5, 5.41) is 4.49. The van der Waals surface area contributed by atoms with Crippen LogP contribution in [-0.2, 0) is 0 Å². The fourth-order valence-electron chi connectivity index (χ4n) is 1.74. The van der Waals surface area contributed by atoms with E-state index in [4.69, 9.17) is 0 Å². The third kappa shape index (κ3) is 2.07. The quantitative estimate of drug-likeness (QED) is 0.825. The van der Waals surface area contributed by atoms with Crippen molar-refractivity contribution in [2.75, 3.05) is 32.0 Å². The summed E-state index contributed by atoms with van der Waals surface area (Å²) >= 11 is 1.76. The molecule has 0 saturated carbocycles. The number of thiazole rings is 1. The Morgan fingerprint density at radius 3 is 2.71 bits per heavy atom. The largest absolute Gasteiger partial charge is 0.361 e. The zero-order chi connectivity index (χ0) is 10.1. The van der Waals surface area contributed by atoms with Gasteiger partial charge in [-0.1, -0.05) is 0 Å². The lowest BCUT2D eigenvalue weighted by molar-refractivity contribution is 0.144. The van der Waals surface area contributed by atoms with Crippen molar-refractivity contribution >= 4 is 16.5 Å². The summed E-state index contributed by atoms with van der Waals surface area (Å²) in [7, 11) is 2.16. The van der Waals surface area contributed by atoms with Crippen LogP contribution in [0.25, 0.3) is 0 Å². The zero-order valence-electron chi connectivity index (χ0n) is 9.00. The number of anilines is 1. The second-order valence-electron chi connectivity index (χ2n) is 4.13. The molecule has 0 bridgehead atoms. The van der Waals surface area contributed by atoms with Crippen LogP contribution in [0.5, 0.6) is 0 Å². The van der Waals surface area contributed by atoms with Crippen LogP contribution in [0.15, 0.2) is 0 Å². The minimum atomic E-state index is 0.810. The Kier molecular flexibility index (Phi) is 2.74. The second-order valence-corrected chi connectivity index (χ2v) is 5.33. The van der Waals surface area contributed by atoms with Crippen LogP contribution in [0.1, 0.15) is 10.6 Å². The molecule has 0 spiro atoms. The molecule has 0 atom stereocenters. The van der Waals surface area contributed by atoms with E-state index in [0.29, 0.717) is 0 Å². The summed E-state index contributed by atoms with van der Waals surface area (Å²) in [6, 6.07) is 0. The molecule has 1 N–H and O–H groups in total. The molecule has 3 nitrogen and oxygen atoms in total. The standard InChI is InChI=1S/C10H17N3S/c1-7-8(2)14-10(12-7)11-4-9-5-13(3)6-9/h9H,4-6H2,1-3H3,(H,11,12). The summed E-state index contributed by atoms with van der Waals surface area (Å²) in [6.07, 6.45) is 0. The van der Waals surface area contributed by atoms with Crippen LogP contribution in [0.4, 0.5) is 5.13 Å². The monoisotopic (exact) mass is 211 g/mol. The maximum absolute atomic E-state index is 4.45. The first-order valence-corrected chi connectivity index (χ1v) is 5.83. The molecule has 1 aromatic heterocycles. The molecule has 0 unspecified atom stereocenters. The number of nitrogens with one attached hydrogen (secondary N) is 1. The lowest BCUT2D eigenvalue weighted by Gasteiger charge is -2.36. The normalized spacial score (nSPS) is 18.2. The molecule has 1 aliphatic rings. The molecule has 78 valence electrons. The lowest BCUT2D eigenvalue weighted by atomic mass is 10.0. The third-order valence-corrected chi connectivity index (χ3v) is 3.74.